The minimum Gasteiger partial charge on any atom is -0.374 e. The highest BCUT2D eigenvalue weighted by molar-refractivity contribution is 6.29. The van der Waals surface area contributed by atoms with Crippen molar-refractivity contribution >= 4 is 11.6 Å². The molecular weight excluding hydrogens is 150 g/mol. The van der Waals surface area contributed by atoms with E-state index in [1.54, 1.807) is 12.3 Å². The van der Waals surface area contributed by atoms with E-state index in [1.165, 1.54) is 0 Å². The molecule has 1 aromatic heterocycles. The Morgan fingerprint density at radius 2 is 2.40 bits per heavy atom. The van der Waals surface area contributed by atoms with Gasteiger partial charge in [0.05, 0.1) is 13.7 Å². The molecule has 1 aromatic rings. The summed E-state index contributed by atoms with van der Waals surface area (Å²) in [7, 11) is 3.24. The maximum atomic E-state index is 5.54. The van der Waals surface area contributed by atoms with E-state index in [2.05, 4.69) is 16.8 Å². The van der Waals surface area contributed by atoms with E-state index in [0.717, 1.165) is 5.56 Å². The van der Waals surface area contributed by atoms with Crippen molar-refractivity contribution in [3.8, 4) is 0 Å². The van der Waals surface area contributed by atoms with Gasteiger partial charge in [0.2, 0.25) is 0 Å². The van der Waals surface area contributed by atoms with Crippen molar-refractivity contribution in [3.05, 3.63) is 36.2 Å². The second-order valence-electron chi connectivity index (χ2n) is 1.84. The molecule has 2 nitrogen and oxygen atoms in total. The van der Waals surface area contributed by atoms with Crippen molar-refractivity contribution in [2.45, 2.75) is 6.61 Å². The van der Waals surface area contributed by atoms with Gasteiger partial charge in [-0.3, -0.25) is 0 Å². The summed E-state index contributed by atoms with van der Waals surface area (Å²) in [6.45, 7) is 0.476. The van der Waals surface area contributed by atoms with Gasteiger partial charge in [-0.2, -0.15) is 0 Å². The highest BCUT2D eigenvalue weighted by atomic mass is 35.5. The van der Waals surface area contributed by atoms with Crippen LogP contribution < -0.4 is 0 Å². The number of hydrogen-bond donors (Lipinski definition) is 0. The van der Waals surface area contributed by atoms with Gasteiger partial charge in [0.15, 0.2) is 0 Å². The van der Waals surface area contributed by atoms with Gasteiger partial charge in [0.25, 0.3) is 0 Å². The highest BCUT2D eigenvalue weighted by Gasteiger charge is 1.90. The van der Waals surface area contributed by atoms with Crippen LogP contribution in [0, 0.1) is 7.11 Å². The molecule has 0 bridgehead atoms. The van der Waals surface area contributed by atoms with Crippen LogP contribution in [0.25, 0.3) is 0 Å². The number of rotatable bonds is 2. The maximum absolute atomic E-state index is 5.54. The number of aromatic nitrogens is 1. The summed E-state index contributed by atoms with van der Waals surface area (Å²) in [4.78, 5) is 3.86. The summed E-state index contributed by atoms with van der Waals surface area (Å²) in [5.41, 5.74) is 0.972. The highest BCUT2D eigenvalue weighted by Crippen LogP contribution is 2.05. The lowest BCUT2D eigenvalue weighted by Gasteiger charge is -1.96. The summed E-state index contributed by atoms with van der Waals surface area (Å²) in [6, 6.07) is 3.57. The number of halogens is 1. The Hall–Kier alpha value is -0.600. The van der Waals surface area contributed by atoms with E-state index in [4.69, 9.17) is 11.6 Å². The van der Waals surface area contributed by atoms with Gasteiger partial charge in [-0.05, 0) is 11.6 Å². The molecule has 0 saturated carbocycles. The van der Waals surface area contributed by atoms with Crippen molar-refractivity contribution in [1.82, 2.24) is 4.98 Å². The number of hydrogen-bond acceptors (Lipinski definition) is 2. The molecule has 0 saturated heterocycles. The molecule has 10 heavy (non-hydrogen) atoms. The van der Waals surface area contributed by atoms with E-state index in [-0.39, 0.29) is 0 Å². The normalized spacial score (nSPS) is 9.80. The largest absolute Gasteiger partial charge is 0.374 e. The van der Waals surface area contributed by atoms with Gasteiger partial charge in [0.1, 0.15) is 5.15 Å². The lowest BCUT2D eigenvalue weighted by Crippen LogP contribution is -1.86. The number of nitrogens with zero attached hydrogens (tertiary/aromatic N) is 1. The monoisotopic (exact) mass is 156 g/mol. The third-order valence-corrected chi connectivity index (χ3v) is 1.28. The first kappa shape index (κ1) is 7.51. The van der Waals surface area contributed by atoms with Gasteiger partial charge in [0, 0.05) is 6.20 Å². The van der Waals surface area contributed by atoms with Crippen LogP contribution in [0.2, 0.25) is 5.15 Å². The van der Waals surface area contributed by atoms with Crippen molar-refractivity contribution in [1.29, 1.82) is 0 Å². The lowest BCUT2D eigenvalue weighted by molar-refractivity contribution is 0.228. The first-order valence-corrected chi connectivity index (χ1v) is 3.18. The summed E-state index contributed by atoms with van der Waals surface area (Å²) in [5, 5.41) is 0.493. The smallest absolute Gasteiger partial charge is 0.129 e. The van der Waals surface area contributed by atoms with Gasteiger partial charge < -0.3 is 4.74 Å². The minimum atomic E-state index is 0.476. The molecule has 53 valence electrons. The molecule has 3 heteroatoms. The Morgan fingerprint density at radius 1 is 1.60 bits per heavy atom. The fraction of sp³-hybridized carbons (Fsp3) is 0.143. The Kier molecular flexibility index (Phi) is 2.66. The molecule has 0 unspecified atom stereocenters. The van der Waals surface area contributed by atoms with Crippen LogP contribution >= 0.6 is 11.6 Å². The molecule has 1 radical (unpaired) electrons. The van der Waals surface area contributed by atoms with Gasteiger partial charge >= 0.3 is 0 Å². The first-order chi connectivity index (χ1) is 4.83. The average molecular weight is 157 g/mol. The quantitative estimate of drug-likeness (QED) is 0.612. The molecule has 0 aliphatic carbocycles. The van der Waals surface area contributed by atoms with Crippen LogP contribution in [0.3, 0.4) is 0 Å². The zero-order chi connectivity index (χ0) is 7.40. The van der Waals surface area contributed by atoms with Crippen molar-refractivity contribution in [2.24, 2.45) is 0 Å². The second kappa shape index (κ2) is 3.54. The number of ether oxygens (including phenoxy) is 1. The third kappa shape index (κ3) is 1.97. The molecule has 1 rings (SSSR count). The van der Waals surface area contributed by atoms with E-state index in [1.807, 2.05) is 6.07 Å². The molecule has 1 heterocycles. The fourth-order valence-electron chi connectivity index (χ4n) is 0.610. The predicted octanol–water partition coefficient (Wildman–Crippen LogP) is 2.04. The molecule has 0 aromatic carbocycles. The van der Waals surface area contributed by atoms with Gasteiger partial charge in [-0.1, -0.05) is 17.7 Å². The van der Waals surface area contributed by atoms with Gasteiger partial charge in [-0.15, -0.1) is 0 Å². The summed E-state index contributed by atoms with van der Waals surface area (Å²) < 4.78 is 4.63. The van der Waals surface area contributed by atoms with E-state index in [0.29, 0.717) is 11.8 Å². The van der Waals surface area contributed by atoms with E-state index < -0.39 is 0 Å². The van der Waals surface area contributed by atoms with Crippen molar-refractivity contribution in [3.63, 3.8) is 0 Å². The second-order valence-corrected chi connectivity index (χ2v) is 2.22. The minimum absolute atomic E-state index is 0.476. The van der Waals surface area contributed by atoms with Crippen LogP contribution in [0.15, 0.2) is 18.3 Å². The third-order valence-electron chi connectivity index (χ3n) is 1.06. The molecule has 0 atom stereocenters. The zero-order valence-electron chi connectivity index (χ0n) is 5.38. The van der Waals surface area contributed by atoms with Gasteiger partial charge in [-0.25, -0.2) is 4.98 Å². The molecule has 0 spiro atoms. The number of pyridine rings is 1. The topological polar surface area (TPSA) is 22.1 Å². The maximum Gasteiger partial charge on any atom is 0.129 e. The molecule has 0 aliphatic heterocycles. The fourth-order valence-corrected chi connectivity index (χ4v) is 0.721. The predicted molar refractivity (Wildman–Crippen MR) is 39.4 cm³/mol. The molecule has 0 amide bonds. The molecule has 0 aliphatic rings. The van der Waals surface area contributed by atoms with Crippen LogP contribution in [-0.2, 0) is 11.3 Å². The summed E-state index contributed by atoms with van der Waals surface area (Å²) >= 11 is 5.54. The van der Waals surface area contributed by atoms with Crippen molar-refractivity contribution in [2.75, 3.05) is 0 Å². The Balaban J connectivity index is 2.69. The Bertz CT molecular complexity index is 197. The lowest BCUT2D eigenvalue weighted by atomic mass is 10.3. The Morgan fingerprint density at radius 3 is 2.90 bits per heavy atom. The van der Waals surface area contributed by atoms with Crippen LogP contribution in [-0.4, -0.2) is 4.98 Å². The Labute approximate surface area is 64.8 Å². The average Bonchev–Trinajstić information content (AvgIpc) is 1.95. The van der Waals surface area contributed by atoms with E-state index in [9.17, 15) is 0 Å². The molecule has 0 N–H and O–H groups in total. The molecule has 0 fully saturated rings. The first-order valence-electron chi connectivity index (χ1n) is 2.80. The van der Waals surface area contributed by atoms with Crippen LogP contribution in [0.4, 0.5) is 0 Å². The van der Waals surface area contributed by atoms with Crippen molar-refractivity contribution < 1.29 is 4.74 Å². The summed E-state index contributed by atoms with van der Waals surface area (Å²) in [6.07, 6.45) is 1.66. The van der Waals surface area contributed by atoms with Crippen LogP contribution in [0.1, 0.15) is 5.56 Å². The van der Waals surface area contributed by atoms with E-state index >= 15 is 0 Å². The molecular formula is C7H7ClNO. The van der Waals surface area contributed by atoms with Crippen LogP contribution in [0.5, 0.6) is 0 Å². The summed E-state index contributed by atoms with van der Waals surface area (Å²) in [5.74, 6) is 0. The SMILES string of the molecule is [CH2]OCc1ccc(Cl)nc1. The zero-order valence-corrected chi connectivity index (χ0v) is 6.14. The standard InChI is InChI=1S/C7H7ClNO/c1-10-5-6-2-3-7(8)9-4-6/h2-4H,1,5H2.